The van der Waals surface area contributed by atoms with E-state index in [2.05, 4.69) is 10.6 Å². The predicted molar refractivity (Wildman–Crippen MR) is 73.7 cm³/mol. The smallest absolute Gasteiger partial charge is 0.255 e. The highest BCUT2D eigenvalue weighted by Crippen LogP contribution is 2.31. The number of carbonyl (C=O) groups excluding carboxylic acids is 1. The third kappa shape index (κ3) is 3.38. The SMILES string of the molecule is CC(CCCO)NC(=O)c1cccc2c1OCCN2. The van der Waals surface area contributed by atoms with Crippen molar-refractivity contribution < 1.29 is 14.6 Å². The summed E-state index contributed by atoms with van der Waals surface area (Å²) in [6.45, 7) is 3.40. The summed E-state index contributed by atoms with van der Waals surface area (Å²) in [6.07, 6.45) is 1.45. The summed E-state index contributed by atoms with van der Waals surface area (Å²) in [7, 11) is 0. The molecule has 1 amide bonds. The number of carbonyl (C=O) groups is 1. The number of fused-ring (bicyclic) bond motifs is 1. The topological polar surface area (TPSA) is 70.6 Å². The first-order chi connectivity index (χ1) is 9.22. The number of anilines is 1. The summed E-state index contributed by atoms with van der Waals surface area (Å²) in [4.78, 5) is 12.2. The van der Waals surface area contributed by atoms with Crippen LogP contribution in [0.3, 0.4) is 0 Å². The van der Waals surface area contributed by atoms with Crippen LogP contribution >= 0.6 is 0 Å². The van der Waals surface area contributed by atoms with Crippen LogP contribution in [0.25, 0.3) is 0 Å². The highest BCUT2D eigenvalue weighted by molar-refractivity contribution is 5.99. The lowest BCUT2D eigenvalue weighted by Crippen LogP contribution is -2.33. The van der Waals surface area contributed by atoms with Gasteiger partial charge in [-0.2, -0.15) is 0 Å². The molecule has 1 aliphatic heterocycles. The second-order valence-electron chi connectivity index (χ2n) is 4.70. The molecule has 1 atom stereocenters. The third-order valence-electron chi connectivity index (χ3n) is 3.10. The van der Waals surface area contributed by atoms with E-state index in [9.17, 15) is 4.79 Å². The Morgan fingerprint density at radius 3 is 3.21 bits per heavy atom. The Morgan fingerprint density at radius 2 is 2.42 bits per heavy atom. The van der Waals surface area contributed by atoms with Crippen molar-refractivity contribution in [3.63, 3.8) is 0 Å². The molecule has 3 N–H and O–H groups in total. The molecule has 2 rings (SSSR count). The second kappa shape index (κ2) is 6.43. The molecular formula is C14H20N2O3. The van der Waals surface area contributed by atoms with Crippen molar-refractivity contribution in [2.75, 3.05) is 25.1 Å². The van der Waals surface area contributed by atoms with Gasteiger partial charge in [-0.1, -0.05) is 6.07 Å². The number of rotatable bonds is 5. The maximum atomic E-state index is 12.2. The molecule has 1 aromatic rings. The Kier molecular flexibility index (Phi) is 4.63. The molecule has 0 saturated heterocycles. The van der Waals surface area contributed by atoms with Crippen LogP contribution in [0.2, 0.25) is 0 Å². The van der Waals surface area contributed by atoms with E-state index in [4.69, 9.17) is 9.84 Å². The van der Waals surface area contributed by atoms with Gasteiger partial charge in [-0.25, -0.2) is 0 Å². The molecule has 0 radical (unpaired) electrons. The lowest BCUT2D eigenvalue weighted by Gasteiger charge is -2.22. The van der Waals surface area contributed by atoms with Gasteiger partial charge in [-0.3, -0.25) is 4.79 Å². The van der Waals surface area contributed by atoms with Gasteiger partial charge in [0, 0.05) is 19.2 Å². The zero-order valence-electron chi connectivity index (χ0n) is 11.1. The molecule has 0 spiro atoms. The molecule has 0 fully saturated rings. The fraction of sp³-hybridized carbons (Fsp3) is 0.500. The van der Waals surface area contributed by atoms with E-state index in [1.807, 2.05) is 19.1 Å². The lowest BCUT2D eigenvalue weighted by atomic mass is 10.1. The van der Waals surface area contributed by atoms with Crippen LogP contribution in [-0.2, 0) is 0 Å². The van der Waals surface area contributed by atoms with E-state index in [0.29, 0.717) is 24.3 Å². The summed E-state index contributed by atoms with van der Waals surface area (Å²) < 4.78 is 5.58. The Balaban J connectivity index is 2.07. The van der Waals surface area contributed by atoms with Gasteiger partial charge in [0.25, 0.3) is 5.91 Å². The fourth-order valence-electron chi connectivity index (χ4n) is 2.12. The Bertz CT molecular complexity index is 448. The van der Waals surface area contributed by atoms with Gasteiger partial charge in [0.2, 0.25) is 0 Å². The van der Waals surface area contributed by atoms with Crippen molar-refractivity contribution in [3.05, 3.63) is 23.8 Å². The van der Waals surface area contributed by atoms with Crippen LogP contribution < -0.4 is 15.4 Å². The number of aliphatic hydroxyl groups excluding tert-OH is 1. The standard InChI is InChI=1S/C14H20N2O3/c1-10(4-3-8-17)16-14(18)11-5-2-6-12-13(11)19-9-7-15-12/h2,5-6,10,15,17H,3-4,7-9H2,1H3,(H,16,18). The van der Waals surface area contributed by atoms with Crippen LogP contribution in [0, 0.1) is 0 Å². The summed E-state index contributed by atoms with van der Waals surface area (Å²) >= 11 is 0. The van der Waals surface area contributed by atoms with Crippen molar-refractivity contribution in [2.24, 2.45) is 0 Å². The number of benzene rings is 1. The van der Waals surface area contributed by atoms with E-state index in [1.54, 1.807) is 6.07 Å². The van der Waals surface area contributed by atoms with Crippen molar-refractivity contribution in [1.82, 2.24) is 5.32 Å². The van der Waals surface area contributed by atoms with Crippen molar-refractivity contribution in [3.8, 4) is 5.75 Å². The quantitative estimate of drug-likeness (QED) is 0.751. The van der Waals surface area contributed by atoms with Crippen molar-refractivity contribution in [2.45, 2.75) is 25.8 Å². The Labute approximate surface area is 113 Å². The molecular weight excluding hydrogens is 244 g/mol. The summed E-state index contributed by atoms with van der Waals surface area (Å²) in [5.41, 5.74) is 1.42. The molecule has 5 nitrogen and oxygen atoms in total. The molecule has 0 saturated carbocycles. The summed E-state index contributed by atoms with van der Waals surface area (Å²) in [5, 5.41) is 14.9. The average molecular weight is 264 g/mol. The molecule has 1 aromatic carbocycles. The molecule has 0 aromatic heterocycles. The van der Waals surface area contributed by atoms with E-state index >= 15 is 0 Å². The molecule has 1 aliphatic rings. The number of aliphatic hydroxyl groups is 1. The van der Waals surface area contributed by atoms with Crippen LogP contribution in [0.15, 0.2) is 18.2 Å². The molecule has 1 unspecified atom stereocenters. The van der Waals surface area contributed by atoms with Crippen LogP contribution in [0.1, 0.15) is 30.1 Å². The molecule has 5 heteroatoms. The van der Waals surface area contributed by atoms with E-state index in [1.165, 1.54) is 0 Å². The fourth-order valence-corrected chi connectivity index (χ4v) is 2.12. The highest BCUT2D eigenvalue weighted by Gasteiger charge is 2.19. The average Bonchev–Trinajstić information content (AvgIpc) is 2.44. The number of ether oxygens (including phenoxy) is 1. The highest BCUT2D eigenvalue weighted by atomic mass is 16.5. The third-order valence-corrected chi connectivity index (χ3v) is 3.10. The van der Waals surface area contributed by atoms with Gasteiger partial charge < -0.3 is 20.5 Å². The second-order valence-corrected chi connectivity index (χ2v) is 4.70. The van der Waals surface area contributed by atoms with Crippen molar-refractivity contribution in [1.29, 1.82) is 0 Å². The summed E-state index contributed by atoms with van der Waals surface area (Å²) in [6, 6.07) is 5.54. The lowest BCUT2D eigenvalue weighted by molar-refractivity contribution is 0.0932. The maximum Gasteiger partial charge on any atom is 0.255 e. The number of hydrogen-bond acceptors (Lipinski definition) is 4. The molecule has 1 heterocycles. The number of nitrogens with one attached hydrogen (secondary N) is 2. The van der Waals surface area contributed by atoms with Gasteiger partial charge >= 0.3 is 0 Å². The van der Waals surface area contributed by atoms with Gasteiger partial charge in [0.15, 0.2) is 5.75 Å². The van der Waals surface area contributed by atoms with Gasteiger partial charge in [-0.15, -0.1) is 0 Å². The van der Waals surface area contributed by atoms with Crippen LogP contribution in [-0.4, -0.2) is 36.8 Å². The first-order valence-corrected chi connectivity index (χ1v) is 6.63. The van der Waals surface area contributed by atoms with Crippen LogP contribution in [0.4, 0.5) is 5.69 Å². The van der Waals surface area contributed by atoms with E-state index in [-0.39, 0.29) is 18.6 Å². The van der Waals surface area contributed by atoms with E-state index in [0.717, 1.165) is 18.7 Å². The minimum atomic E-state index is -0.133. The zero-order chi connectivity index (χ0) is 13.7. The molecule has 0 bridgehead atoms. The Hall–Kier alpha value is -1.75. The van der Waals surface area contributed by atoms with Crippen molar-refractivity contribution >= 4 is 11.6 Å². The number of amides is 1. The number of para-hydroxylation sites is 1. The summed E-state index contributed by atoms with van der Waals surface area (Å²) in [5.74, 6) is 0.492. The molecule has 104 valence electrons. The number of hydrogen-bond donors (Lipinski definition) is 3. The van der Waals surface area contributed by atoms with Gasteiger partial charge in [0.1, 0.15) is 6.61 Å². The molecule has 19 heavy (non-hydrogen) atoms. The minimum Gasteiger partial charge on any atom is -0.489 e. The maximum absolute atomic E-state index is 12.2. The first-order valence-electron chi connectivity index (χ1n) is 6.63. The normalized spacial score (nSPS) is 14.8. The predicted octanol–water partition coefficient (Wildman–Crippen LogP) is 1.38. The van der Waals surface area contributed by atoms with Gasteiger partial charge in [0.05, 0.1) is 11.3 Å². The van der Waals surface area contributed by atoms with E-state index < -0.39 is 0 Å². The van der Waals surface area contributed by atoms with Crippen LogP contribution in [0.5, 0.6) is 5.75 Å². The minimum absolute atomic E-state index is 0.0343. The largest absolute Gasteiger partial charge is 0.489 e. The van der Waals surface area contributed by atoms with Gasteiger partial charge in [-0.05, 0) is 31.9 Å². The molecule has 0 aliphatic carbocycles. The zero-order valence-corrected chi connectivity index (χ0v) is 11.1. The Morgan fingerprint density at radius 1 is 1.58 bits per heavy atom. The monoisotopic (exact) mass is 264 g/mol. The first kappa shape index (κ1) is 13.7.